The van der Waals surface area contributed by atoms with Crippen LogP contribution in [0.1, 0.15) is 18.5 Å². The van der Waals surface area contributed by atoms with Gasteiger partial charge in [-0.1, -0.05) is 12.1 Å². The van der Waals surface area contributed by atoms with Gasteiger partial charge in [-0.3, -0.25) is 0 Å². The van der Waals surface area contributed by atoms with Gasteiger partial charge in [0.1, 0.15) is 4.90 Å². The highest BCUT2D eigenvalue weighted by Gasteiger charge is 2.15. The summed E-state index contributed by atoms with van der Waals surface area (Å²) in [7, 11) is -3.71. The van der Waals surface area contributed by atoms with Gasteiger partial charge in [0.2, 0.25) is 10.0 Å². The number of benzene rings is 1. The number of sulfonamides is 1. The van der Waals surface area contributed by atoms with Crippen molar-refractivity contribution in [2.75, 3.05) is 5.32 Å². The Morgan fingerprint density at radius 1 is 1.28 bits per heavy atom. The van der Waals surface area contributed by atoms with E-state index >= 15 is 0 Å². The van der Waals surface area contributed by atoms with Gasteiger partial charge in [-0.2, -0.15) is 11.3 Å². The summed E-state index contributed by atoms with van der Waals surface area (Å²) < 4.78 is 22.9. The largest absolute Gasteiger partial charge is 0.377 e. The Labute approximate surface area is 111 Å². The highest BCUT2D eigenvalue weighted by molar-refractivity contribution is 7.89. The molecule has 0 saturated carbocycles. The Hall–Kier alpha value is -1.37. The SMILES string of the molecule is CC(Nc1ccccc1S(N)(=O)=O)c1ccsc1. The molecule has 1 aromatic carbocycles. The number of hydrogen-bond acceptors (Lipinski definition) is 4. The second-order valence-electron chi connectivity index (χ2n) is 3.96. The topological polar surface area (TPSA) is 72.2 Å². The zero-order chi connectivity index (χ0) is 13.2. The van der Waals surface area contributed by atoms with Crippen LogP contribution < -0.4 is 10.5 Å². The third kappa shape index (κ3) is 2.90. The first kappa shape index (κ1) is 13.1. The number of anilines is 1. The third-order valence-electron chi connectivity index (χ3n) is 2.61. The van der Waals surface area contributed by atoms with Gasteiger partial charge in [0.05, 0.1) is 5.69 Å². The smallest absolute Gasteiger partial charge is 0.240 e. The van der Waals surface area contributed by atoms with Gasteiger partial charge in [-0.05, 0) is 41.4 Å². The van der Waals surface area contributed by atoms with Crippen molar-refractivity contribution < 1.29 is 8.42 Å². The Bertz CT molecular complexity index is 621. The van der Waals surface area contributed by atoms with Gasteiger partial charge >= 0.3 is 0 Å². The van der Waals surface area contributed by atoms with Crippen molar-refractivity contribution in [1.29, 1.82) is 0 Å². The van der Waals surface area contributed by atoms with E-state index < -0.39 is 10.0 Å². The van der Waals surface area contributed by atoms with E-state index in [1.807, 2.05) is 23.8 Å². The highest BCUT2D eigenvalue weighted by Crippen LogP contribution is 2.25. The van der Waals surface area contributed by atoms with Gasteiger partial charge in [-0.15, -0.1) is 0 Å². The number of thiophene rings is 1. The second-order valence-corrected chi connectivity index (χ2v) is 6.27. The van der Waals surface area contributed by atoms with Gasteiger partial charge < -0.3 is 5.32 Å². The number of nitrogens with one attached hydrogen (secondary N) is 1. The molecular formula is C12H14N2O2S2. The minimum atomic E-state index is -3.71. The highest BCUT2D eigenvalue weighted by atomic mass is 32.2. The minimum absolute atomic E-state index is 0.0270. The van der Waals surface area contributed by atoms with Crippen molar-refractivity contribution in [3.63, 3.8) is 0 Å². The zero-order valence-electron chi connectivity index (χ0n) is 9.83. The number of rotatable bonds is 4. The summed E-state index contributed by atoms with van der Waals surface area (Å²) in [5, 5.41) is 12.4. The fourth-order valence-corrected chi connectivity index (χ4v) is 3.13. The van der Waals surface area contributed by atoms with Crippen LogP contribution in [0.15, 0.2) is 46.0 Å². The van der Waals surface area contributed by atoms with Crippen LogP contribution in [-0.2, 0) is 10.0 Å². The summed E-state index contributed by atoms with van der Waals surface area (Å²) in [6.45, 7) is 1.97. The molecule has 2 rings (SSSR count). The number of para-hydroxylation sites is 1. The molecule has 0 spiro atoms. The summed E-state index contributed by atoms with van der Waals surface area (Å²) in [5.41, 5.74) is 1.64. The number of primary sulfonamides is 1. The van der Waals surface area contributed by atoms with Crippen molar-refractivity contribution in [2.45, 2.75) is 17.9 Å². The summed E-state index contributed by atoms with van der Waals surface area (Å²) in [4.78, 5) is 0.118. The maximum Gasteiger partial charge on any atom is 0.240 e. The summed E-state index contributed by atoms with van der Waals surface area (Å²) in [5.74, 6) is 0. The van der Waals surface area contributed by atoms with Gasteiger partial charge in [0, 0.05) is 6.04 Å². The van der Waals surface area contributed by atoms with Crippen LogP contribution in [0.5, 0.6) is 0 Å². The van der Waals surface area contributed by atoms with Crippen molar-refractivity contribution in [2.24, 2.45) is 5.14 Å². The van der Waals surface area contributed by atoms with E-state index in [1.54, 1.807) is 29.5 Å². The second kappa shape index (κ2) is 5.09. The molecule has 0 aliphatic carbocycles. The molecule has 1 atom stereocenters. The molecule has 3 N–H and O–H groups in total. The van der Waals surface area contributed by atoms with Gasteiger partial charge in [0.15, 0.2) is 0 Å². The van der Waals surface area contributed by atoms with Crippen molar-refractivity contribution >= 4 is 27.0 Å². The minimum Gasteiger partial charge on any atom is -0.377 e. The summed E-state index contributed by atoms with van der Waals surface area (Å²) in [6.07, 6.45) is 0. The quantitative estimate of drug-likeness (QED) is 0.905. The average molecular weight is 282 g/mol. The lowest BCUT2D eigenvalue weighted by Crippen LogP contribution is -2.16. The molecule has 0 radical (unpaired) electrons. The molecule has 6 heteroatoms. The first-order valence-corrected chi connectivity index (χ1v) is 7.88. The predicted molar refractivity (Wildman–Crippen MR) is 74.2 cm³/mol. The molecule has 0 bridgehead atoms. The van der Waals surface area contributed by atoms with Gasteiger partial charge in [0.25, 0.3) is 0 Å². The van der Waals surface area contributed by atoms with E-state index in [1.165, 1.54) is 6.07 Å². The zero-order valence-corrected chi connectivity index (χ0v) is 11.5. The molecule has 0 saturated heterocycles. The van der Waals surface area contributed by atoms with Crippen molar-refractivity contribution in [3.05, 3.63) is 46.7 Å². The molecule has 0 amide bonds. The van der Waals surface area contributed by atoms with Crippen LogP contribution >= 0.6 is 11.3 Å². The molecule has 0 aliphatic heterocycles. The van der Waals surface area contributed by atoms with E-state index in [0.717, 1.165) is 5.56 Å². The van der Waals surface area contributed by atoms with Crippen LogP contribution in [0.3, 0.4) is 0 Å². The Morgan fingerprint density at radius 2 is 2.00 bits per heavy atom. The number of nitrogens with two attached hydrogens (primary N) is 1. The normalized spacial score (nSPS) is 13.2. The van der Waals surface area contributed by atoms with Gasteiger partial charge in [-0.25, -0.2) is 13.6 Å². The van der Waals surface area contributed by atoms with E-state index in [4.69, 9.17) is 5.14 Å². The summed E-state index contributed by atoms with van der Waals surface area (Å²) in [6, 6.07) is 8.67. The Morgan fingerprint density at radius 3 is 2.61 bits per heavy atom. The van der Waals surface area contributed by atoms with Crippen LogP contribution in [-0.4, -0.2) is 8.42 Å². The first-order valence-electron chi connectivity index (χ1n) is 5.39. The van der Waals surface area contributed by atoms with Crippen LogP contribution in [0.2, 0.25) is 0 Å². The molecule has 4 nitrogen and oxygen atoms in total. The lowest BCUT2D eigenvalue weighted by molar-refractivity contribution is 0.598. The van der Waals surface area contributed by atoms with Crippen LogP contribution in [0.25, 0.3) is 0 Å². The molecule has 1 unspecified atom stereocenters. The fraction of sp³-hybridized carbons (Fsp3) is 0.167. The van der Waals surface area contributed by atoms with E-state index in [9.17, 15) is 8.42 Å². The molecular weight excluding hydrogens is 268 g/mol. The third-order valence-corrected chi connectivity index (χ3v) is 4.28. The van der Waals surface area contributed by atoms with Crippen LogP contribution in [0, 0.1) is 0 Å². The summed E-state index contributed by atoms with van der Waals surface area (Å²) >= 11 is 1.61. The molecule has 1 aromatic heterocycles. The van der Waals surface area contributed by atoms with E-state index in [0.29, 0.717) is 5.69 Å². The molecule has 96 valence electrons. The molecule has 2 aromatic rings. The van der Waals surface area contributed by atoms with Crippen molar-refractivity contribution in [3.8, 4) is 0 Å². The predicted octanol–water partition coefficient (Wildman–Crippen LogP) is 2.57. The molecule has 0 fully saturated rings. The van der Waals surface area contributed by atoms with Crippen LogP contribution in [0.4, 0.5) is 5.69 Å². The molecule has 0 aliphatic rings. The lowest BCUT2D eigenvalue weighted by atomic mass is 10.1. The maximum absolute atomic E-state index is 11.5. The Kier molecular flexibility index (Phi) is 3.70. The lowest BCUT2D eigenvalue weighted by Gasteiger charge is -2.16. The fourth-order valence-electron chi connectivity index (χ4n) is 1.67. The monoisotopic (exact) mass is 282 g/mol. The molecule has 18 heavy (non-hydrogen) atoms. The first-order chi connectivity index (χ1) is 8.48. The van der Waals surface area contributed by atoms with Crippen molar-refractivity contribution in [1.82, 2.24) is 0 Å². The maximum atomic E-state index is 11.5. The Balaban J connectivity index is 2.30. The van der Waals surface area contributed by atoms with E-state index in [2.05, 4.69) is 5.32 Å². The number of hydrogen-bond donors (Lipinski definition) is 2. The van der Waals surface area contributed by atoms with E-state index in [-0.39, 0.29) is 10.9 Å². The standard InChI is InChI=1S/C12H14N2O2S2/c1-9(10-6-7-17-8-10)14-11-4-2-3-5-12(11)18(13,15)16/h2-9,14H,1H3,(H2,13,15,16). The average Bonchev–Trinajstić information content (AvgIpc) is 2.81. The molecule has 1 heterocycles.